The molecular weight excluding hydrogens is 260 g/mol. The SMILES string of the molecule is CC[C@H](C)/C(C)=N\NC(=S)NCCN1CCOCC1. The summed E-state index contributed by atoms with van der Waals surface area (Å²) in [6.07, 6.45) is 1.09. The summed E-state index contributed by atoms with van der Waals surface area (Å²) in [6.45, 7) is 11.8. The first-order valence-electron chi connectivity index (χ1n) is 7.01. The molecule has 0 spiro atoms. The van der Waals surface area contributed by atoms with Gasteiger partial charge < -0.3 is 10.1 Å². The van der Waals surface area contributed by atoms with Crippen molar-refractivity contribution in [3.8, 4) is 0 Å². The first-order chi connectivity index (χ1) is 9.13. The second kappa shape index (κ2) is 9.23. The summed E-state index contributed by atoms with van der Waals surface area (Å²) in [6, 6.07) is 0. The van der Waals surface area contributed by atoms with Crippen LogP contribution < -0.4 is 10.7 Å². The molecule has 19 heavy (non-hydrogen) atoms. The van der Waals surface area contributed by atoms with Crippen molar-refractivity contribution in [3.05, 3.63) is 0 Å². The summed E-state index contributed by atoms with van der Waals surface area (Å²) >= 11 is 5.19. The van der Waals surface area contributed by atoms with Gasteiger partial charge in [-0.2, -0.15) is 5.10 Å². The van der Waals surface area contributed by atoms with Crippen LogP contribution in [0.15, 0.2) is 5.10 Å². The maximum absolute atomic E-state index is 5.31. The Kier molecular flexibility index (Phi) is 7.93. The Bertz CT molecular complexity index is 303. The highest BCUT2D eigenvalue weighted by Gasteiger charge is 2.09. The molecule has 5 nitrogen and oxygen atoms in total. The van der Waals surface area contributed by atoms with Crippen LogP contribution >= 0.6 is 12.2 Å². The monoisotopic (exact) mass is 286 g/mol. The molecule has 6 heteroatoms. The largest absolute Gasteiger partial charge is 0.379 e. The molecule has 1 rings (SSSR count). The second-order valence-corrected chi connectivity index (χ2v) is 5.29. The van der Waals surface area contributed by atoms with Gasteiger partial charge >= 0.3 is 0 Å². The molecule has 0 bridgehead atoms. The van der Waals surface area contributed by atoms with E-state index in [0.29, 0.717) is 11.0 Å². The van der Waals surface area contributed by atoms with Crippen molar-refractivity contribution < 1.29 is 4.74 Å². The first-order valence-corrected chi connectivity index (χ1v) is 7.42. The van der Waals surface area contributed by atoms with E-state index in [4.69, 9.17) is 17.0 Å². The summed E-state index contributed by atoms with van der Waals surface area (Å²) in [4.78, 5) is 2.37. The zero-order valence-corrected chi connectivity index (χ0v) is 13.1. The molecule has 0 aromatic rings. The van der Waals surface area contributed by atoms with Crippen LogP contribution in [-0.2, 0) is 4.74 Å². The van der Waals surface area contributed by atoms with Gasteiger partial charge in [0.25, 0.3) is 0 Å². The molecule has 0 radical (unpaired) electrons. The van der Waals surface area contributed by atoms with E-state index in [0.717, 1.165) is 51.5 Å². The highest BCUT2D eigenvalue weighted by molar-refractivity contribution is 7.80. The van der Waals surface area contributed by atoms with Crippen LogP contribution in [0.4, 0.5) is 0 Å². The topological polar surface area (TPSA) is 48.9 Å². The standard InChI is InChI=1S/C13H26N4OS/c1-4-11(2)12(3)15-16-13(19)14-5-6-17-7-9-18-10-8-17/h11H,4-10H2,1-3H3,(H2,14,16,19)/b15-12-/t11-/m0/s1. The maximum Gasteiger partial charge on any atom is 0.186 e. The lowest BCUT2D eigenvalue weighted by Gasteiger charge is -2.26. The lowest BCUT2D eigenvalue weighted by molar-refractivity contribution is 0.0389. The van der Waals surface area contributed by atoms with Crippen molar-refractivity contribution in [3.63, 3.8) is 0 Å². The minimum absolute atomic E-state index is 0.489. The molecule has 0 aliphatic carbocycles. The van der Waals surface area contributed by atoms with Crippen molar-refractivity contribution in [2.24, 2.45) is 11.0 Å². The predicted octanol–water partition coefficient (Wildman–Crippen LogP) is 1.20. The highest BCUT2D eigenvalue weighted by Crippen LogP contribution is 2.02. The van der Waals surface area contributed by atoms with Gasteiger partial charge in [-0.1, -0.05) is 13.8 Å². The van der Waals surface area contributed by atoms with Gasteiger partial charge in [-0.25, -0.2) is 0 Å². The Hall–Kier alpha value is -0.720. The number of ether oxygens (including phenoxy) is 1. The number of hydrazone groups is 1. The van der Waals surface area contributed by atoms with Gasteiger partial charge in [0.1, 0.15) is 0 Å². The van der Waals surface area contributed by atoms with Gasteiger partial charge in [0, 0.05) is 31.9 Å². The molecule has 1 aliphatic rings. The summed E-state index contributed by atoms with van der Waals surface area (Å²) in [5.41, 5.74) is 3.98. The van der Waals surface area contributed by atoms with Crippen LogP contribution in [0.3, 0.4) is 0 Å². The Labute approximate surface area is 121 Å². The molecule has 0 aromatic carbocycles. The number of morpholine rings is 1. The third-order valence-electron chi connectivity index (χ3n) is 3.48. The fraction of sp³-hybridized carbons (Fsp3) is 0.846. The van der Waals surface area contributed by atoms with Gasteiger partial charge in [0.05, 0.1) is 13.2 Å². The average Bonchev–Trinajstić information content (AvgIpc) is 2.45. The molecule has 0 aromatic heterocycles. The van der Waals surface area contributed by atoms with Crippen LogP contribution in [0.2, 0.25) is 0 Å². The minimum atomic E-state index is 0.489. The van der Waals surface area contributed by atoms with Crippen LogP contribution in [0.25, 0.3) is 0 Å². The Morgan fingerprint density at radius 3 is 2.74 bits per heavy atom. The molecular formula is C13H26N4OS. The van der Waals surface area contributed by atoms with Crippen LogP contribution in [0.1, 0.15) is 27.2 Å². The van der Waals surface area contributed by atoms with E-state index in [1.54, 1.807) is 0 Å². The normalized spacial score (nSPS) is 19.0. The quantitative estimate of drug-likeness (QED) is 0.437. The Morgan fingerprint density at radius 1 is 1.42 bits per heavy atom. The number of nitrogens with zero attached hydrogens (tertiary/aromatic N) is 2. The van der Waals surface area contributed by atoms with E-state index in [9.17, 15) is 0 Å². The van der Waals surface area contributed by atoms with Gasteiger partial charge in [0.2, 0.25) is 0 Å². The fourth-order valence-corrected chi connectivity index (χ4v) is 1.88. The zero-order valence-electron chi connectivity index (χ0n) is 12.2. The number of hydrogen-bond donors (Lipinski definition) is 2. The number of rotatable bonds is 6. The molecule has 2 N–H and O–H groups in total. The molecule has 1 aliphatic heterocycles. The first kappa shape index (κ1) is 16.3. The van der Waals surface area contributed by atoms with Crippen molar-refractivity contribution in [2.75, 3.05) is 39.4 Å². The van der Waals surface area contributed by atoms with Crippen LogP contribution in [0.5, 0.6) is 0 Å². The lowest BCUT2D eigenvalue weighted by Crippen LogP contribution is -2.43. The summed E-state index contributed by atoms with van der Waals surface area (Å²) in [7, 11) is 0. The molecule has 0 unspecified atom stereocenters. The van der Waals surface area contributed by atoms with Gasteiger partial charge in [-0.3, -0.25) is 10.3 Å². The van der Waals surface area contributed by atoms with Crippen molar-refractivity contribution >= 4 is 23.0 Å². The summed E-state index contributed by atoms with van der Waals surface area (Å²) in [5.74, 6) is 0.489. The van der Waals surface area contributed by atoms with E-state index < -0.39 is 0 Å². The Balaban J connectivity index is 2.13. The third kappa shape index (κ3) is 6.84. The van der Waals surface area contributed by atoms with E-state index in [1.165, 1.54) is 0 Å². The molecule has 0 amide bonds. The predicted molar refractivity (Wildman–Crippen MR) is 83.6 cm³/mol. The van der Waals surface area contributed by atoms with E-state index >= 15 is 0 Å². The number of nitrogens with one attached hydrogen (secondary N) is 2. The summed E-state index contributed by atoms with van der Waals surface area (Å²) < 4.78 is 5.31. The van der Waals surface area contributed by atoms with Crippen molar-refractivity contribution in [1.82, 2.24) is 15.6 Å². The number of thiocarbonyl (C=S) groups is 1. The molecule has 1 heterocycles. The van der Waals surface area contributed by atoms with E-state index in [2.05, 4.69) is 34.6 Å². The lowest BCUT2D eigenvalue weighted by atomic mass is 10.1. The molecule has 1 fully saturated rings. The molecule has 0 saturated carbocycles. The summed E-state index contributed by atoms with van der Waals surface area (Å²) in [5, 5.41) is 8.06. The highest BCUT2D eigenvalue weighted by atomic mass is 32.1. The average molecular weight is 286 g/mol. The fourth-order valence-electron chi connectivity index (χ4n) is 1.74. The van der Waals surface area contributed by atoms with E-state index in [-0.39, 0.29) is 0 Å². The van der Waals surface area contributed by atoms with Crippen molar-refractivity contribution in [2.45, 2.75) is 27.2 Å². The maximum atomic E-state index is 5.31. The molecule has 110 valence electrons. The van der Waals surface area contributed by atoms with Crippen LogP contribution in [0, 0.1) is 5.92 Å². The number of hydrogen-bond acceptors (Lipinski definition) is 4. The minimum Gasteiger partial charge on any atom is -0.379 e. The Morgan fingerprint density at radius 2 is 2.11 bits per heavy atom. The van der Waals surface area contributed by atoms with Gasteiger partial charge in [-0.05, 0) is 31.5 Å². The van der Waals surface area contributed by atoms with Gasteiger partial charge in [-0.15, -0.1) is 0 Å². The molecule has 1 saturated heterocycles. The zero-order chi connectivity index (χ0) is 14.1. The van der Waals surface area contributed by atoms with Crippen LogP contribution in [-0.4, -0.2) is 55.1 Å². The smallest absolute Gasteiger partial charge is 0.186 e. The molecule has 1 atom stereocenters. The third-order valence-corrected chi connectivity index (χ3v) is 3.71. The van der Waals surface area contributed by atoms with E-state index in [1.807, 2.05) is 6.92 Å². The second-order valence-electron chi connectivity index (χ2n) is 4.88. The van der Waals surface area contributed by atoms with Gasteiger partial charge in [0.15, 0.2) is 5.11 Å². The van der Waals surface area contributed by atoms with Crippen molar-refractivity contribution in [1.29, 1.82) is 0 Å².